The van der Waals surface area contributed by atoms with Gasteiger partial charge >= 0.3 is 6.36 Å². The summed E-state index contributed by atoms with van der Waals surface area (Å²) in [4.78, 5) is 6.29. The van der Waals surface area contributed by atoms with Crippen molar-refractivity contribution in [2.24, 2.45) is 0 Å². The Kier molecular flexibility index (Phi) is 4.73. The van der Waals surface area contributed by atoms with Gasteiger partial charge in [0, 0.05) is 43.2 Å². The van der Waals surface area contributed by atoms with E-state index in [1.807, 2.05) is 11.8 Å². The summed E-state index contributed by atoms with van der Waals surface area (Å²) in [6.07, 6.45) is -3.27. The van der Waals surface area contributed by atoms with Crippen LogP contribution >= 0.6 is 0 Å². The number of nitrogens with two attached hydrogens (primary N) is 1. The standard InChI is InChI=1S/C18H19F3N4O2/c1-17(26-2)9-25(10-17)15-7-11(5-6-24-15)16(23)13-8-12(3-4-14(13)22)27-18(19,20)21/h3-8,23H,9-10,22H2,1-2H3. The minimum Gasteiger partial charge on any atom is -0.406 e. The normalized spacial score (nSPS) is 16.0. The van der Waals surface area contributed by atoms with Crippen LogP contribution in [0.3, 0.4) is 0 Å². The Bertz CT molecular complexity index is 864. The van der Waals surface area contributed by atoms with Crippen LogP contribution in [-0.4, -0.2) is 42.9 Å². The largest absolute Gasteiger partial charge is 0.573 e. The van der Waals surface area contributed by atoms with Crippen LogP contribution in [0.4, 0.5) is 24.7 Å². The van der Waals surface area contributed by atoms with Crippen LogP contribution in [0.15, 0.2) is 36.5 Å². The second-order valence-electron chi connectivity index (χ2n) is 6.58. The molecule has 144 valence electrons. The number of hydrogen-bond donors (Lipinski definition) is 2. The van der Waals surface area contributed by atoms with Gasteiger partial charge in [-0.25, -0.2) is 4.98 Å². The monoisotopic (exact) mass is 380 g/mol. The van der Waals surface area contributed by atoms with Crippen molar-refractivity contribution in [3.8, 4) is 5.75 Å². The average Bonchev–Trinajstić information content (AvgIpc) is 2.59. The summed E-state index contributed by atoms with van der Waals surface area (Å²) in [6.45, 7) is 3.30. The Hall–Kier alpha value is -2.81. The van der Waals surface area contributed by atoms with Gasteiger partial charge in [-0.2, -0.15) is 0 Å². The molecule has 1 aromatic carbocycles. The number of nitrogen functional groups attached to an aromatic ring is 1. The molecule has 1 aromatic heterocycles. The topological polar surface area (TPSA) is 84.5 Å². The van der Waals surface area contributed by atoms with Crippen molar-refractivity contribution < 1.29 is 22.6 Å². The van der Waals surface area contributed by atoms with Gasteiger partial charge in [-0.05, 0) is 37.3 Å². The van der Waals surface area contributed by atoms with Crippen LogP contribution in [0.5, 0.6) is 5.75 Å². The summed E-state index contributed by atoms with van der Waals surface area (Å²) in [5.41, 5.74) is 6.43. The van der Waals surface area contributed by atoms with Crippen molar-refractivity contribution in [2.45, 2.75) is 18.9 Å². The highest BCUT2D eigenvalue weighted by Gasteiger charge is 2.39. The van der Waals surface area contributed by atoms with Gasteiger partial charge < -0.3 is 20.1 Å². The van der Waals surface area contributed by atoms with E-state index in [1.165, 1.54) is 6.07 Å². The summed E-state index contributed by atoms with van der Waals surface area (Å²) in [5.74, 6) is 0.234. The van der Waals surface area contributed by atoms with Crippen molar-refractivity contribution in [3.05, 3.63) is 47.7 Å². The Balaban J connectivity index is 1.84. The second kappa shape index (κ2) is 6.73. The summed E-state index contributed by atoms with van der Waals surface area (Å²) in [6, 6.07) is 6.82. The molecule has 9 heteroatoms. The third-order valence-electron chi connectivity index (χ3n) is 4.43. The smallest absolute Gasteiger partial charge is 0.406 e. The van der Waals surface area contributed by atoms with E-state index in [9.17, 15) is 13.2 Å². The number of ether oxygens (including phenoxy) is 2. The highest BCUT2D eigenvalue weighted by Crippen LogP contribution is 2.30. The predicted molar refractivity (Wildman–Crippen MR) is 95.3 cm³/mol. The maximum atomic E-state index is 12.4. The minimum absolute atomic E-state index is 0.0150. The van der Waals surface area contributed by atoms with E-state index < -0.39 is 12.1 Å². The molecule has 0 saturated carbocycles. The van der Waals surface area contributed by atoms with Crippen LogP contribution < -0.4 is 15.4 Å². The van der Waals surface area contributed by atoms with Crippen molar-refractivity contribution in [3.63, 3.8) is 0 Å². The third-order valence-corrected chi connectivity index (χ3v) is 4.43. The predicted octanol–water partition coefficient (Wildman–Crippen LogP) is 3.20. The van der Waals surface area contributed by atoms with Crippen LogP contribution in [0.1, 0.15) is 18.1 Å². The van der Waals surface area contributed by atoms with E-state index >= 15 is 0 Å². The lowest BCUT2D eigenvalue weighted by Crippen LogP contribution is -2.61. The number of hydrogen-bond acceptors (Lipinski definition) is 6. The van der Waals surface area contributed by atoms with Gasteiger partial charge in [0.2, 0.25) is 0 Å². The van der Waals surface area contributed by atoms with Gasteiger partial charge in [0.05, 0.1) is 11.3 Å². The molecule has 2 aromatic rings. The van der Waals surface area contributed by atoms with Crippen LogP contribution in [0.2, 0.25) is 0 Å². The Morgan fingerprint density at radius 1 is 1.26 bits per heavy atom. The lowest BCUT2D eigenvalue weighted by molar-refractivity contribution is -0.274. The maximum Gasteiger partial charge on any atom is 0.573 e. The van der Waals surface area contributed by atoms with Crippen molar-refractivity contribution >= 4 is 17.2 Å². The van der Waals surface area contributed by atoms with Crippen molar-refractivity contribution in [2.75, 3.05) is 30.8 Å². The molecule has 3 N–H and O–H groups in total. The Morgan fingerprint density at radius 2 is 1.96 bits per heavy atom. The van der Waals surface area contributed by atoms with Gasteiger partial charge in [0.25, 0.3) is 0 Å². The first kappa shape index (κ1) is 19.0. The zero-order chi connectivity index (χ0) is 19.8. The average molecular weight is 380 g/mol. The molecule has 1 aliphatic rings. The van der Waals surface area contributed by atoms with E-state index in [4.69, 9.17) is 15.9 Å². The van der Waals surface area contributed by atoms with Crippen LogP contribution in [0, 0.1) is 5.41 Å². The molecular weight excluding hydrogens is 361 g/mol. The van der Waals surface area contributed by atoms with Gasteiger partial charge in [0.1, 0.15) is 11.6 Å². The minimum atomic E-state index is -4.81. The fourth-order valence-corrected chi connectivity index (χ4v) is 2.90. The number of aromatic nitrogens is 1. The molecule has 0 amide bonds. The number of benzene rings is 1. The SMILES string of the molecule is COC1(C)CN(c2cc(C(=N)c3cc(OC(F)(F)F)ccc3N)ccn2)C1. The molecule has 6 nitrogen and oxygen atoms in total. The fraction of sp³-hybridized carbons (Fsp3) is 0.333. The zero-order valence-electron chi connectivity index (χ0n) is 14.8. The summed E-state index contributed by atoms with van der Waals surface area (Å²) in [5, 5.41) is 8.38. The number of nitrogens with one attached hydrogen (secondary N) is 1. The molecule has 0 bridgehead atoms. The lowest BCUT2D eigenvalue weighted by atomic mass is 9.96. The molecular formula is C18H19F3N4O2. The van der Waals surface area contributed by atoms with Crippen LogP contribution in [-0.2, 0) is 4.74 Å². The molecule has 0 spiro atoms. The first-order chi connectivity index (χ1) is 12.6. The molecule has 2 heterocycles. The molecule has 0 unspecified atom stereocenters. The first-order valence-electron chi connectivity index (χ1n) is 8.11. The number of anilines is 2. The number of pyridine rings is 1. The highest BCUT2D eigenvalue weighted by molar-refractivity contribution is 6.14. The second-order valence-corrected chi connectivity index (χ2v) is 6.58. The van der Waals surface area contributed by atoms with E-state index in [1.54, 1.807) is 25.4 Å². The number of halogens is 3. The first-order valence-corrected chi connectivity index (χ1v) is 8.11. The summed E-state index contributed by atoms with van der Waals surface area (Å²) >= 11 is 0. The molecule has 1 fully saturated rings. The molecule has 1 aliphatic heterocycles. The summed E-state index contributed by atoms with van der Waals surface area (Å²) in [7, 11) is 1.65. The van der Waals surface area contributed by atoms with E-state index in [2.05, 4.69) is 9.72 Å². The number of nitrogens with zero attached hydrogens (tertiary/aromatic N) is 2. The molecule has 0 radical (unpaired) electrons. The molecule has 0 aliphatic carbocycles. The molecule has 1 saturated heterocycles. The number of methoxy groups -OCH3 is 1. The van der Waals surface area contributed by atoms with Gasteiger partial charge in [-0.1, -0.05) is 0 Å². The Labute approximate surface area is 154 Å². The maximum absolute atomic E-state index is 12.4. The van der Waals surface area contributed by atoms with Crippen molar-refractivity contribution in [1.29, 1.82) is 5.41 Å². The quantitative estimate of drug-likeness (QED) is 0.615. The molecule has 3 rings (SSSR count). The van der Waals surface area contributed by atoms with Crippen LogP contribution in [0.25, 0.3) is 0 Å². The number of alkyl halides is 3. The molecule has 27 heavy (non-hydrogen) atoms. The van der Waals surface area contributed by atoms with Gasteiger partial charge in [-0.3, -0.25) is 5.41 Å². The lowest BCUT2D eigenvalue weighted by Gasteiger charge is -2.47. The summed E-state index contributed by atoms with van der Waals surface area (Å²) < 4.78 is 46.7. The highest BCUT2D eigenvalue weighted by atomic mass is 19.4. The fourth-order valence-electron chi connectivity index (χ4n) is 2.90. The third kappa shape index (κ3) is 4.13. The van der Waals surface area contributed by atoms with E-state index in [-0.39, 0.29) is 22.6 Å². The van der Waals surface area contributed by atoms with E-state index in [0.29, 0.717) is 24.5 Å². The molecule has 0 atom stereocenters. The Morgan fingerprint density at radius 3 is 2.59 bits per heavy atom. The van der Waals surface area contributed by atoms with Gasteiger partial charge in [-0.15, -0.1) is 13.2 Å². The van der Waals surface area contributed by atoms with E-state index in [0.717, 1.165) is 12.1 Å². The van der Waals surface area contributed by atoms with Gasteiger partial charge in [0.15, 0.2) is 0 Å². The number of rotatable bonds is 5. The van der Waals surface area contributed by atoms with Crippen molar-refractivity contribution in [1.82, 2.24) is 4.98 Å². The zero-order valence-corrected chi connectivity index (χ0v) is 14.8.